The maximum absolute atomic E-state index is 11.7. The van der Waals surface area contributed by atoms with Crippen LogP contribution in [0.1, 0.15) is 10.5 Å². The zero-order valence-electron chi connectivity index (χ0n) is 8.97. The van der Waals surface area contributed by atoms with E-state index >= 15 is 0 Å². The van der Waals surface area contributed by atoms with Gasteiger partial charge in [-0.1, -0.05) is 36.4 Å². The highest BCUT2D eigenvalue weighted by molar-refractivity contribution is 9.09. The number of halogens is 1. The summed E-state index contributed by atoms with van der Waals surface area (Å²) in [5, 5.41) is 0. The second-order valence-corrected chi connectivity index (χ2v) is 3.76. The van der Waals surface area contributed by atoms with Crippen molar-refractivity contribution < 1.29 is 9.53 Å². The van der Waals surface area contributed by atoms with E-state index in [0.717, 1.165) is 11.1 Å². The molecule has 4 heteroatoms. The van der Waals surface area contributed by atoms with Crippen LogP contribution in [0.3, 0.4) is 0 Å². The van der Waals surface area contributed by atoms with Gasteiger partial charge < -0.3 is 4.74 Å². The Kier molecular flexibility index (Phi) is 3.88. The maximum Gasteiger partial charge on any atom is 0.358 e. The predicted octanol–water partition coefficient (Wildman–Crippen LogP) is 3.26. The zero-order valence-corrected chi connectivity index (χ0v) is 10.6. The average molecular weight is 292 g/mol. The van der Waals surface area contributed by atoms with Crippen LogP contribution in [0, 0.1) is 0 Å². The number of carbonyl (C=O) groups is 1. The number of hydrogen-bond acceptors (Lipinski definition) is 3. The van der Waals surface area contributed by atoms with Gasteiger partial charge in [0.05, 0.1) is 0 Å². The first-order valence-corrected chi connectivity index (χ1v) is 6.18. The van der Waals surface area contributed by atoms with E-state index in [2.05, 4.69) is 20.9 Å². The van der Waals surface area contributed by atoms with Crippen molar-refractivity contribution >= 4 is 21.9 Å². The number of alkyl halides is 1. The second kappa shape index (κ2) is 5.59. The lowest BCUT2D eigenvalue weighted by atomic mass is 10.0. The van der Waals surface area contributed by atoms with Crippen LogP contribution in [0.15, 0.2) is 48.7 Å². The van der Waals surface area contributed by atoms with Crippen molar-refractivity contribution in [1.29, 1.82) is 0 Å². The standard InChI is InChI=1S/C13H10BrNO2/c14-9-17-13(16)12-11(7-4-8-15-12)10-5-2-1-3-6-10/h1-8H,9H2. The van der Waals surface area contributed by atoms with Gasteiger partial charge in [0.1, 0.15) is 5.52 Å². The second-order valence-electron chi connectivity index (χ2n) is 3.31. The lowest BCUT2D eigenvalue weighted by Gasteiger charge is -2.07. The molecule has 2 aromatic rings. The molecule has 0 radical (unpaired) electrons. The Hall–Kier alpha value is -1.68. The fraction of sp³-hybridized carbons (Fsp3) is 0.0769. The molecular formula is C13H10BrNO2. The van der Waals surface area contributed by atoms with Crippen molar-refractivity contribution in [3.63, 3.8) is 0 Å². The molecule has 2 rings (SSSR count). The van der Waals surface area contributed by atoms with Crippen LogP contribution < -0.4 is 0 Å². The van der Waals surface area contributed by atoms with E-state index in [9.17, 15) is 4.79 Å². The Morgan fingerprint density at radius 1 is 1.18 bits per heavy atom. The van der Waals surface area contributed by atoms with Crippen LogP contribution in [0.4, 0.5) is 0 Å². The molecular weight excluding hydrogens is 282 g/mol. The van der Waals surface area contributed by atoms with E-state index in [1.54, 1.807) is 12.3 Å². The van der Waals surface area contributed by atoms with Gasteiger partial charge in [0, 0.05) is 11.8 Å². The molecule has 0 spiro atoms. The highest BCUT2D eigenvalue weighted by Gasteiger charge is 2.14. The van der Waals surface area contributed by atoms with Crippen molar-refractivity contribution in [1.82, 2.24) is 4.98 Å². The van der Waals surface area contributed by atoms with E-state index in [-0.39, 0.29) is 5.52 Å². The van der Waals surface area contributed by atoms with Gasteiger partial charge in [-0.25, -0.2) is 9.78 Å². The molecule has 0 atom stereocenters. The third-order valence-electron chi connectivity index (χ3n) is 2.27. The molecule has 3 nitrogen and oxygen atoms in total. The summed E-state index contributed by atoms with van der Waals surface area (Å²) in [4.78, 5) is 15.8. The minimum absolute atomic E-state index is 0.163. The Morgan fingerprint density at radius 3 is 2.65 bits per heavy atom. The quantitative estimate of drug-likeness (QED) is 0.644. The molecule has 0 amide bonds. The summed E-state index contributed by atoms with van der Waals surface area (Å²) in [5.41, 5.74) is 2.22. The molecule has 1 aromatic carbocycles. The summed E-state index contributed by atoms with van der Waals surface area (Å²) in [6, 6.07) is 13.3. The van der Waals surface area contributed by atoms with Crippen LogP contribution >= 0.6 is 15.9 Å². The first kappa shape index (κ1) is 11.8. The molecule has 0 saturated heterocycles. The van der Waals surface area contributed by atoms with E-state index in [4.69, 9.17) is 4.74 Å². The van der Waals surface area contributed by atoms with Gasteiger partial charge in [0.15, 0.2) is 5.69 Å². The van der Waals surface area contributed by atoms with E-state index in [0.29, 0.717) is 5.69 Å². The molecule has 0 aliphatic carbocycles. The smallest absolute Gasteiger partial charge is 0.358 e. The van der Waals surface area contributed by atoms with Crippen LogP contribution in [0.25, 0.3) is 11.1 Å². The summed E-state index contributed by atoms with van der Waals surface area (Å²) in [6.07, 6.45) is 1.58. The van der Waals surface area contributed by atoms with E-state index in [1.165, 1.54) is 0 Å². The van der Waals surface area contributed by atoms with Crippen LogP contribution in [0.2, 0.25) is 0 Å². The van der Waals surface area contributed by atoms with Crippen molar-refractivity contribution in [3.05, 3.63) is 54.4 Å². The molecule has 0 saturated carbocycles. The van der Waals surface area contributed by atoms with Gasteiger partial charge in [0.2, 0.25) is 0 Å². The summed E-state index contributed by atoms with van der Waals surface area (Å²) >= 11 is 3.06. The maximum atomic E-state index is 11.7. The molecule has 0 fully saturated rings. The zero-order chi connectivity index (χ0) is 12.1. The number of ether oxygens (including phenoxy) is 1. The summed E-state index contributed by atoms with van der Waals surface area (Å²) in [6.45, 7) is 0. The molecule has 17 heavy (non-hydrogen) atoms. The predicted molar refractivity (Wildman–Crippen MR) is 68.9 cm³/mol. The van der Waals surface area contributed by atoms with Gasteiger partial charge >= 0.3 is 5.97 Å². The number of benzene rings is 1. The van der Waals surface area contributed by atoms with Crippen molar-refractivity contribution in [2.75, 3.05) is 5.52 Å². The molecule has 1 heterocycles. The van der Waals surface area contributed by atoms with Crippen LogP contribution in [0.5, 0.6) is 0 Å². The monoisotopic (exact) mass is 291 g/mol. The molecule has 0 unspecified atom stereocenters. The summed E-state index contributed by atoms with van der Waals surface area (Å²) in [7, 11) is 0. The Morgan fingerprint density at radius 2 is 1.94 bits per heavy atom. The normalized spacial score (nSPS) is 9.94. The van der Waals surface area contributed by atoms with Crippen molar-refractivity contribution in [2.45, 2.75) is 0 Å². The van der Waals surface area contributed by atoms with Crippen LogP contribution in [-0.2, 0) is 4.74 Å². The Balaban J connectivity index is 2.45. The van der Waals surface area contributed by atoms with Gasteiger partial charge in [0.25, 0.3) is 0 Å². The number of nitrogens with zero attached hydrogens (tertiary/aromatic N) is 1. The Labute approximate surface area is 108 Å². The number of rotatable bonds is 3. The fourth-order valence-electron chi connectivity index (χ4n) is 1.54. The van der Waals surface area contributed by atoms with Gasteiger partial charge in [-0.05, 0) is 27.6 Å². The summed E-state index contributed by atoms with van der Waals surface area (Å²) in [5.74, 6) is -0.429. The number of pyridine rings is 1. The third-order valence-corrected chi connectivity index (χ3v) is 2.50. The average Bonchev–Trinajstić information content (AvgIpc) is 2.40. The van der Waals surface area contributed by atoms with Crippen LogP contribution in [-0.4, -0.2) is 16.5 Å². The van der Waals surface area contributed by atoms with Gasteiger partial charge in [-0.15, -0.1) is 0 Å². The van der Waals surface area contributed by atoms with Crippen molar-refractivity contribution in [3.8, 4) is 11.1 Å². The Bertz CT molecular complexity index is 514. The topological polar surface area (TPSA) is 39.2 Å². The highest BCUT2D eigenvalue weighted by Crippen LogP contribution is 2.22. The molecule has 0 N–H and O–H groups in total. The van der Waals surface area contributed by atoms with E-state index in [1.807, 2.05) is 36.4 Å². The number of hydrogen-bond donors (Lipinski definition) is 0. The molecule has 0 aliphatic heterocycles. The number of esters is 1. The number of aromatic nitrogens is 1. The molecule has 0 aliphatic rings. The first-order valence-electron chi connectivity index (χ1n) is 5.06. The SMILES string of the molecule is O=C(OCBr)c1ncccc1-c1ccccc1. The minimum atomic E-state index is -0.429. The third kappa shape index (κ3) is 2.71. The fourth-order valence-corrected chi connectivity index (χ4v) is 1.74. The van der Waals surface area contributed by atoms with Crippen molar-refractivity contribution in [2.24, 2.45) is 0 Å². The summed E-state index contributed by atoms with van der Waals surface area (Å²) < 4.78 is 4.91. The molecule has 0 bridgehead atoms. The van der Waals surface area contributed by atoms with Gasteiger partial charge in [-0.3, -0.25) is 0 Å². The lowest BCUT2D eigenvalue weighted by molar-refractivity contribution is 0.0578. The van der Waals surface area contributed by atoms with Gasteiger partial charge in [-0.2, -0.15) is 0 Å². The molecule has 1 aromatic heterocycles. The van der Waals surface area contributed by atoms with E-state index < -0.39 is 5.97 Å². The highest BCUT2D eigenvalue weighted by atomic mass is 79.9. The molecule has 86 valence electrons. The minimum Gasteiger partial charge on any atom is -0.449 e. The largest absolute Gasteiger partial charge is 0.449 e. The number of carbonyl (C=O) groups excluding carboxylic acids is 1. The first-order chi connectivity index (χ1) is 8.33. The lowest BCUT2D eigenvalue weighted by Crippen LogP contribution is -2.07.